The first-order chi connectivity index (χ1) is 11.0. The standard InChI is InChI=1S/C16H19N5OS/c1-11-12(8-17-21(11)3)9-20(2)10-15(22)19-16-18-13-6-4-5-7-14(13)23-16/h4-8H,9-10H2,1-3H3,(H,18,19,22). The number of hydrogen-bond donors (Lipinski definition) is 1. The Bertz CT molecular complexity index is 805. The number of para-hydroxylation sites is 1. The molecule has 1 N–H and O–H groups in total. The highest BCUT2D eigenvalue weighted by molar-refractivity contribution is 7.22. The van der Waals surface area contributed by atoms with Crippen LogP contribution in [0.1, 0.15) is 11.3 Å². The Labute approximate surface area is 138 Å². The third-order valence-corrected chi connectivity index (χ3v) is 4.68. The molecule has 0 aliphatic rings. The molecule has 2 aromatic heterocycles. The molecule has 1 aromatic carbocycles. The van der Waals surface area contributed by atoms with Gasteiger partial charge >= 0.3 is 0 Å². The van der Waals surface area contributed by atoms with Crippen molar-refractivity contribution in [3.8, 4) is 0 Å². The highest BCUT2D eigenvalue weighted by Crippen LogP contribution is 2.25. The normalized spacial score (nSPS) is 11.3. The summed E-state index contributed by atoms with van der Waals surface area (Å²) in [6.45, 7) is 3.02. The van der Waals surface area contributed by atoms with Crippen LogP contribution in [0, 0.1) is 6.92 Å². The fraction of sp³-hybridized carbons (Fsp3) is 0.312. The predicted molar refractivity (Wildman–Crippen MR) is 92.5 cm³/mol. The average molecular weight is 329 g/mol. The van der Waals surface area contributed by atoms with Crippen LogP contribution < -0.4 is 5.32 Å². The number of nitrogens with zero attached hydrogens (tertiary/aromatic N) is 4. The van der Waals surface area contributed by atoms with Gasteiger partial charge in [-0.05, 0) is 26.1 Å². The zero-order valence-corrected chi connectivity index (χ0v) is 14.2. The van der Waals surface area contributed by atoms with Crippen LogP contribution >= 0.6 is 11.3 Å². The minimum atomic E-state index is -0.0619. The summed E-state index contributed by atoms with van der Waals surface area (Å²) in [6, 6.07) is 7.85. The van der Waals surface area contributed by atoms with Crippen molar-refractivity contribution in [2.75, 3.05) is 18.9 Å². The Morgan fingerprint density at radius 1 is 1.39 bits per heavy atom. The fourth-order valence-corrected chi connectivity index (χ4v) is 3.26. The first-order valence-electron chi connectivity index (χ1n) is 7.34. The van der Waals surface area contributed by atoms with Gasteiger partial charge in [-0.15, -0.1) is 0 Å². The quantitative estimate of drug-likeness (QED) is 0.781. The number of amides is 1. The van der Waals surface area contributed by atoms with Gasteiger partial charge in [0.05, 0.1) is 23.0 Å². The molecule has 0 radical (unpaired) electrons. The largest absolute Gasteiger partial charge is 0.301 e. The number of aromatic nitrogens is 3. The second-order valence-corrected chi connectivity index (χ2v) is 6.62. The van der Waals surface area contributed by atoms with Crippen molar-refractivity contribution in [1.29, 1.82) is 0 Å². The number of rotatable bonds is 5. The smallest absolute Gasteiger partial charge is 0.240 e. The Morgan fingerprint density at radius 3 is 2.87 bits per heavy atom. The third kappa shape index (κ3) is 3.57. The Balaban J connectivity index is 1.59. The summed E-state index contributed by atoms with van der Waals surface area (Å²) in [4.78, 5) is 18.6. The molecule has 6 nitrogen and oxygen atoms in total. The highest BCUT2D eigenvalue weighted by atomic mass is 32.1. The van der Waals surface area contributed by atoms with Gasteiger partial charge in [-0.25, -0.2) is 4.98 Å². The minimum absolute atomic E-state index is 0.0619. The number of carbonyl (C=O) groups excluding carboxylic acids is 1. The lowest BCUT2D eigenvalue weighted by atomic mass is 10.2. The van der Waals surface area contributed by atoms with E-state index in [1.165, 1.54) is 11.3 Å². The van der Waals surface area contributed by atoms with Crippen molar-refractivity contribution < 1.29 is 4.79 Å². The van der Waals surface area contributed by atoms with E-state index in [1.54, 1.807) is 0 Å². The molecule has 120 valence electrons. The molecule has 0 fully saturated rings. The summed E-state index contributed by atoms with van der Waals surface area (Å²) in [7, 11) is 3.84. The number of carbonyl (C=O) groups is 1. The molecule has 7 heteroatoms. The minimum Gasteiger partial charge on any atom is -0.301 e. The van der Waals surface area contributed by atoms with E-state index in [2.05, 4.69) is 15.4 Å². The molecule has 1 amide bonds. The molecular formula is C16H19N5OS. The van der Waals surface area contributed by atoms with E-state index in [9.17, 15) is 4.79 Å². The van der Waals surface area contributed by atoms with Crippen LogP contribution in [0.3, 0.4) is 0 Å². The molecule has 0 aliphatic carbocycles. The second kappa shape index (κ2) is 6.47. The predicted octanol–water partition coefficient (Wildman–Crippen LogP) is 2.41. The van der Waals surface area contributed by atoms with Gasteiger partial charge in [0.2, 0.25) is 5.91 Å². The summed E-state index contributed by atoms with van der Waals surface area (Å²) >= 11 is 1.49. The van der Waals surface area contributed by atoms with Gasteiger partial charge in [-0.3, -0.25) is 14.4 Å². The van der Waals surface area contributed by atoms with E-state index in [0.717, 1.165) is 21.5 Å². The van der Waals surface area contributed by atoms with Crippen molar-refractivity contribution in [2.45, 2.75) is 13.5 Å². The van der Waals surface area contributed by atoms with Crippen molar-refractivity contribution in [3.63, 3.8) is 0 Å². The molecule has 3 rings (SSSR count). The van der Waals surface area contributed by atoms with Crippen LogP contribution in [0.2, 0.25) is 0 Å². The lowest BCUT2D eigenvalue weighted by Crippen LogP contribution is -2.29. The second-order valence-electron chi connectivity index (χ2n) is 5.59. The lowest BCUT2D eigenvalue weighted by molar-refractivity contribution is -0.117. The van der Waals surface area contributed by atoms with Crippen LogP contribution in [-0.4, -0.2) is 39.2 Å². The number of benzene rings is 1. The number of fused-ring (bicyclic) bond motifs is 1. The van der Waals surface area contributed by atoms with Crippen LogP contribution in [0.15, 0.2) is 30.5 Å². The van der Waals surface area contributed by atoms with Gasteiger partial charge < -0.3 is 5.32 Å². The molecule has 2 heterocycles. The summed E-state index contributed by atoms with van der Waals surface area (Å²) in [5, 5.41) is 7.74. The zero-order chi connectivity index (χ0) is 16.4. The highest BCUT2D eigenvalue weighted by Gasteiger charge is 2.12. The summed E-state index contributed by atoms with van der Waals surface area (Å²) < 4.78 is 2.91. The van der Waals surface area contributed by atoms with Crippen LogP contribution in [0.25, 0.3) is 10.2 Å². The maximum Gasteiger partial charge on any atom is 0.240 e. The topological polar surface area (TPSA) is 63.1 Å². The van der Waals surface area contributed by atoms with E-state index >= 15 is 0 Å². The van der Waals surface area contributed by atoms with E-state index in [1.807, 2.05) is 61.1 Å². The Hall–Kier alpha value is -2.25. The number of nitrogens with one attached hydrogen (secondary N) is 1. The van der Waals surface area contributed by atoms with Crippen molar-refractivity contribution in [2.24, 2.45) is 7.05 Å². The Morgan fingerprint density at radius 2 is 2.17 bits per heavy atom. The van der Waals surface area contributed by atoms with Crippen molar-refractivity contribution in [3.05, 3.63) is 41.7 Å². The number of hydrogen-bond acceptors (Lipinski definition) is 5. The molecule has 0 saturated carbocycles. The molecular weight excluding hydrogens is 310 g/mol. The van der Waals surface area contributed by atoms with Crippen LogP contribution in [-0.2, 0) is 18.4 Å². The number of anilines is 1. The average Bonchev–Trinajstić information content (AvgIpc) is 3.04. The van der Waals surface area contributed by atoms with Gasteiger partial charge in [0.1, 0.15) is 0 Å². The van der Waals surface area contributed by atoms with Gasteiger partial charge in [0, 0.05) is 24.8 Å². The maximum absolute atomic E-state index is 12.2. The molecule has 0 bridgehead atoms. The lowest BCUT2D eigenvalue weighted by Gasteiger charge is -2.15. The van der Waals surface area contributed by atoms with Crippen molar-refractivity contribution in [1.82, 2.24) is 19.7 Å². The van der Waals surface area contributed by atoms with Gasteiger partial charge in [0.25, 0.3) is 0 Å². The third-order valence-electron chi connectivity index (χ3n) is 3.73. The van der Waals surface area contributed by atoms with E-state index < -0.39 is 0 Å². The van der Waals surface area contributed by atoms with Gasteiger partial charge in [-0.2, -0.15) is 5.10 Å². The van der Waals surface area contributed by atoms with Crippen LogP contribution in [0.4, 0.5) is 5.13 Å². The van der Waals surface area contributed by atoms with E-state index in [0.29, 0.717) is 18.2 Å². The molecule has 0 aliphatic heterocycles. The molecule has 0 saturated heterocycles. The maximum atomic E-state index is 12.2. The first kappa shape index (κ1) is 15.6. The molecule has 0 unspecified atom stereocenters. The van der Waals surface area contributed by atoms with Crippen molar-refractivity contribution >= 4 is 32.6 Å². The fourth-order valence-electron chi connectivity index (χ4n) is 2.38. The summed E-state index contributed by atoms with van der Waals surface area (Å²) in [6.07, 6.45) is 1.84. The monoisotopic (exact) mass is 329 g/mol. The molecule has 0 atom stereocenters. The molecule has 23 heavy (non-hydrogen) atoms. The van der Waals surface area contributed by atoms with E-state index in [-0.39, 0.29) is 5.91 Å². The summed E-state index contributed by atoms with van der Waals surface area (Å²) in [5.74, 6) is -0.0619. The first-order valence-corrected chi connectivity index (χ1v) is 8.16. The zero-order valence-electron chi connectivity index (χ0n) is 13.4. The van der Waals surface area contributed by atoms with Crippen LogP contribution in [0.5, 0.6) is 0 Å². The Kier molecular flexibility index (Phi) is 4.40. The number of thiazole rings is 1. The van der Waals surface area contributed by atoms with E-state index in [4.69, 9.17) is 0 Å². The SMILES string of the molecule is Cc1c(CN(C)CC(=O)Nc2nc3ccccc3s2)cnn1C. The molecule has 0 spiro atoms. The van der Waals surface area contributed by atoms with Gasteiger partial charge in [0.15, 0.2) is 5.13 Å². The summed E-state index contributed by atoms with van der Waals surface area (Å²) in [5.41, 5.74) is 3.15. The number of likely N-dealkylation sites (N-methyl/N-ethyl adjacent to an activating group) is 1. The molecule has 3 aromatic rings. The number of aryl methyl sites for hydroxylation is 1. The van der Waals surface area contributed by atoms with Gasteiger partial charge in [-0.1, -0.05) is 23.5 Å².